The predicted molar refractivity (Wildman–Crippen MR) is 163 cm³/mol. The van der Waals surface area contributed by atoms with Gasteiger partial charge in [-0.15, -0.1) is 0 Å². The molecule has 0 radical (unpaired) electrons. The van der Waals surface area contributed by atoms with Crippen LogP contribution in [0.5, 0.6) is 0 Å². The van der Waals surface area contributed by atoms with Gasteiger partial charge < -0.3 is 15.0 Å². The van der Waals surface area contributed by atoms with Gasteiger partial charge in [-0.1, -0.05) is 38.1 Å². The molecule has 9 heteroatoms. The summed E-state index contributed by atoms with van der Waals surface area (Å²) in [5, 5.41) is 3.26. The standard InChI is InChI=1S/C34H42F5N3O/c1-7-41-31(42-14-12-25(13-15-42)16-24(3)43)17-26(30-11-9-8-10-23(30)2)21-40-22-32(4,5)27-18-28(33(6,35)36)20-29(19-27)34(37,38)39/h7-11,17-21,25,40H,12-16,22H2,1-6H3/b26-21-,31-17+,41-7?. The number of hydrogen-bond acceptors (Lipinski definition) is 4. The zero-order valence-electron chi connectivity index (χ0n) is 25.8. The number of rotatable bonds is 11. The number of aliphatic imine (C=N–C) groups is 1. The Morgan fingerprint density at radius 1 is 1.00 bits per heavy atom. The van der Waals surface area contributed by atoms with E-state index in [1.807, 2.05) is 44.2 Å². The average Bonchev–Trinajstić information content (AvgIpc) is 2.91. The van der Waals surface area contributed by atoms with Gasteiger partial charge in [0.1, 0.15) is 11.6 Å². The fourth-order valence-electron chi connectivity index (χ4n) is 5.30. The molecule has 43 heavy (non-hydrogen) atoms. The number of allylic oxidation sites excluding steroid dienone is 2. The number of piperidine rings is 1. The van der Waals surface area contributed by atoms with Crippen LogP contribution in [0.2, 0.25) is 0 Å². The smallest absolute Gasteiger partial charge is 0.390 e. The molecule has 0 amide bonds. The molecule has 1 heterocycles. The van der Waals surface area contributed by atoms with Crippen molar-refractivity contribution in [1.82, 2.24) is 10.2 Å². The van der Waals surface area contributed by atoms with E-state index >= 15 is 0 Å². The number of carbonyl (C=O) groups excluding carboxylic acids is 1. The number of likely N-dealkylation sites (tertiary alicyclic amines) is 1. The largest absolute Gasteiger partial charge is 0.416 e. The van der Waals surface area contributed by atoms with Gasteiger partial charge in [0, 0.05) is 61.9 Å². The highest BCUT2D eigenvalue weighted by atomic mass is 19.4. The van der Waals surface area contributed by atoms with Crippen LogP contribution < -0.4 is 5.32 Å². The summed E-state index contributed by atoms with van der Waals surface area (Å²) in [5.74, 6) is -2.09. The first-order chi connectivity index (χ1) is 20.0. The molecule has 0 saturated carbocycles. The number of nitrogens with zero attached hydrogens (tertiary/aromatic N) is 2. The van der Waals surface area contributed by atoms with E-state index in [1.165, 1.54) is 0 Å². The first kappa shape index (κ1) is 34.0. The summed E-state index contributed by atoms with van der Waals surface area (Å²) in [6.45, 7) is 11.2. The highest BCUT2D eigenvalue weighted by Gasteiger charge is 2.36. The third kappa shape index (κ3) is 9.50. The molecule has 0 atom stereocenters. The molecule has 0 bridgehead atoms. The lowest BCUT2D eigenvalue weighted by molar-refractivity contribution is -0.137. The van der Waals surface area contributed by atoms with Crippen molar-refractivity contribution in [1.29, 1.82) is 0 Å². The molecule has 1 aliphatic heterocycles. The summed E-state index contributed by atoms with van der Waals surface area (Å²) in [6, 6.07) is 10.5. The lowest BCUT2D eigenvalue weighted by Crippen LogP contribution is -2.33. The molecule has 0 aliphatic carbocycles. The van der Waals surface area contributed by atoms with Crippen molar-refractivity contribution in [3.8, 4) is 0 Å². The molecular weight excluding hydrogens is 561 g/mol. The Hall–Kier alpha value is -3.49. The van der Waals surface area contributed by atoms with Crippen LogP contribution in [-0.2, 0) is 22.3 Å². The van der Waals surface area contributed by atoms with Crippen LogP contribution in [0.15, 0.2) is 65.6 Å². The lowest BCUT2D eigenvalue weighted by Gasteiger charge is -2.33. The minimum atomic E-state index is -4.75. The van der Waals surface area contributed by atoms with E-state index in [0.717, 1.165) is 60.6 Å². The quantitative estimate of drug-likeness (QED) is 0.159. The van der Waals surface area contributed by atoms with Crippen molar-refractivity contribution in [2.24, 2.45) is 10.9 Å². The van der Waals surface area contributed by atoms with E-state index < -0.39 is 28.6 Å². The molecule has 3 rings (SSSR count). The van der Waals surface area contributed by atoms with Crippen molar-refractivity contribution in [3.05, 3.63) is 88.4 Å². The van der Waals surface area contributed by atoms with Crippen LogP contribution >= 0.6 is 0 Å². The second kappa shape index (κ2) is 13.9. The highest BCUT2D eigenvalue weighted by molar-refractivity contribution is 5.77. The fraction of sp³-hybridized carbons (Fsp3) is 0.471. The molecule has 234 valence electrons. The summed E-state index contributed by atoms with van der Waals surface area (Å²) in [7, 11) is 0. The van der Waals surface area contributed by atoms with Crippen LogP contribution in [0.25, 0.3) is 5.57 Å². The number of benzene rings is 2. The second-order valence-corrected chi connectivity index (χ2v) is 12.1. The Bertz CT molecular complexity index is 1330. The van der Waals surface area contributed by atoms with E-state index in [4.69, 9.17) is 0 Å². The summed E-state index contributed by atoms with van der Waals surface area (Å²) < 4.78 is 69.2. The molecule has 0 aromatic heterocycles. The van der Waals surface area contributed by atoms with Crippen molar-refractivity contribution in [2.45, 2.75) is 78.3 Å². The molecule has 0 spiro atoms. The molecule has 2 aromatic carbocycles. The molecule has 0 unspecified atom stereocenters. The molecule has 4 nitrogen and oxygen atoms in total. The number of hydrogen-bond donors (Lipinski definition) is 1. The maximum Gasteiger partial charge on any atom is 0.416 e. The second-order valence-electron chi connectivity index (χ2n) is 12.1. The van der Waals surface area contributed by atoms with Crippen LogP contribution in [0.3, 0.4) is 0 Å². The third-order valence-corrected chi connectivity index (χ3v) is 7.87. The average molecular weight is 604 g/mol. The van der Waals surface area contributed by atoms with Crippen molar-refractivity contribution in [2.75, 3.05) is 19.6 Å². The van der Waals surface area contributed by atoms with Gasteiger partial charge in [-0.05, 0) is 80.5 Å². The fourth-order valence-corrected chi connectivity index (χ4v) is 5.30. The van der Waals surface area contributed by atoms with Gasteiger partial charge >= 0.3 is 6.18 Å². The van der Waals surface area contributed by atoms with Gasteiger partial charge in [-0.2, -0.15) is 13.2 Å². The van der Waals surface area contributed by atoms with Crippen molar-refractivity contribution < 1.29 is 26.7 Å². The third-order valence-electron chi connectivity index (χ3n) is 7.87. The monoisotopic (exact) mass is 603 g/mol. The SMILES string of the molecule is CC=N/C(=C\C(=C\NCC(C)(C)c1cc(C(C)(F)F)cc(C(F)(F)F)c1)c1ccccc1C)N1CCC(CC(C)=O)CC1. The Kier molecular flexibility index (Phi) is 11.0. The number of ketones is 1. The van der Waals surface area contributed by atoms with E-state index in [-0.39, 0.29) is 17.9 Å². The van der Waals surface area contributed by atoms with Crippen molar-refractivity contribution in [3.63, 3.8) is 0 Å². The molecule has 2 aromatic rings. The normalized spacial score (nSPS) is 16.2. The number of carbonyl (C=O) groups is 1. The van der Waals surface area contributed by atoms with Crippen LogP contribution in [0, 0.1) is 12.8 Å². The van der Waals surface area contributed by atoms with Crippen LogP contribution in [0.1, 0.15) is 81.7 Å². The number of aryl methyl sites for hydroxylation is 1. The van der Waals surface area contributed by atoms with E-state index in [2.05, 4.69) is 15.2 Å². The number of alkyl halides is 5. The summed E-state index contributed by atoms with van der Waals surface area (Å²) in [6.07, 6.45) is 3.13. The van der Waals surface area contributed by atoms with Gasteiger partial charge in [-0.25, -0.2) is 13.8 Å². The molecule has 1 N–H and O–H groups in total. The van der Waals surface area contributed by atoms with Crippen molar-refractivity contribution >= 4 is 17.6 Å². The molecular formula is C34H42F5N3O. The summed E-state index contributed by atoms with van der Waals surface area (Å²) in [4.78, 5) is 18.4. The lowest BCUT2D eigenvalue weighted by atomic mass is 9.82. The number of nitrogens with one attached hydrogen (secondary N) is 1. The van der Waals surface area contributed by atoms with Gasteiger partial charge in [0.2, 0.25) is 0 Å². The molecule has 1 aliphatic rings. The Balaban J connectivity index is 1.95. The minimum Gasteiger partial charge on any atom is -0.390 e. The molecule has 1 fully saturated rings. The van der Waals surface area contributed by atoms with E-state index in [1.54, 1.807) is 33.2 Å². The van der Waals surface area contributed by atoms with Gasteiger partial charge in [0.25, 0.3) is 5.92 Å². The summed E-state index contributed by atoms with van der Waals surface area (Å²) >= 11 is 0. The Morgan fingerprint density at radius 3 is 2.16 bits per heavy atom. The first-order valence-electron chi connectivity index (χ1n) is 14.6. The Labute approximate surface area is 251 Å². The van der Waals surface area contributed by atoms with Gasteiger partial charge in [0.05, 0.1) is 5.56 Å². The maximum absolute atomic E-state index is 14.2. The van der Waals surface area contributed by atoms with Crippen LogP contribution in [-0.4, -0.2) is 36.5 Å². The summed E-state index contributed by atoms with van der Waals surface area (Å²) in [5.41, 5.74) is 0.291. The van der Waals surface area contributed by atoms with E-state index in [9.17, 15) is 26.7 Å². The topological polar surface area (TPSA) is 44.7 Å². The zero-order valence-corrected chi connectivity index (χ0v) is 25.8. The maximum atomic E-state index is 14.2. The first-order valence-corrected chi connectivity index (χ1v) is 14.6. The van der Waals surface area contributed by atoms with Gasteiger partial charge in [-0.3, -0.25) is 0 Å². The minimum absolute atomic E-state index is 0.164. The molecule has 1 saturated heterocycles. The zero-order chi connectivity index (χ0) is 32.0. The van der Waals surface area contributed by atoms with Crippen LogP contribution in [0.4, 0.5) is 22.0 Å². The Morgan fingerprint density at radius 2 is 1.60 bits per heavy atom. The highest BCUT2D eigenvalue weighted by Crippen LogP contribution is 2.38. The van der Waals surface area contributed by atoms with E-state index in [0.29, 0.717) is 25.3 Å². The number of halogens is 5. The number of Topliss-reactive ketones (excluding diaryl/α,β-unsaturated/α-hetero) is 1. The predicted octanol–water partition coefficient (Wildman–Crippen LogP) is 8.66. The van der Waals surface area contributed by atoms with Gasteiger partial charge in [0.15, 0.2) is 0 Å².